The molecule has 1 amide bonds. The maximum Gasteiger partial charge on any atom is 0.419 e. The van der Waals surface area contributed by atoms with Crippen molar-refractivity contribution in [2.24, 2.45) is 0 Å². The van der Waals surface area contributed by atoms with E-state index in [1.54, 1.807) is 10.7 Å². The number of carbonyl (C=O) groups is 1. The van der Waals surface area contributed by atoms with Crippen LogP contribution >= 0.6 is 0 Å². The zero-order valence-corrected chi connectivity index (χ0v) is 13.7. The summed E-state index contributed by atoms with van der Waals surface area (Å²) in [6, 6.07) is 4.95. The van der Waals surface area contributed by atoms with Crippen molar-refractivity contribution in [3.8, 4) is 5.82 Å². The molecule has 9 heteroatoms. The summed E-state index contributed by atoms with van der Waals surface area (Å²) in [5.41, 5.74) is -0.988. The van der Waals surface area contributed by atoms with Gasteiger partial charge in [0.1, 0.15) is 0 Å². The first kappa shape index (κ1) is 17.4. The van der Waals surface area contributed by atoms with Crippen molar-refractivity contribution in [3.05, 3.63) is 41.3 Å². The van der Waals surface area contributed by atoms with Gasteiger partial charge in [-0.15, -0.1) is 0 Å². The summed E-state index contributed by atoms with van der Waals surface area (Å²) in [4.78, 5) is 17.5. The van der Waals surface area contributed by atoms with Gasteiger partial charge in [-0.2, -0.15) is 18.3 Å². The lowest BCUT2D eigenvalue weighted by Gasteiger charge is -2.25. The average molecular weight is 354 g/mol. The highest BCUT2D eigenvalue weighted by molar-refractivity contribution is 5.94. The molecule has 1 saturated heterocycles. The van der Waals surface area contributed by atoms with E-state index >= 15 is 0 Å². The van der Waals surface area contributed by atoms with Crippen LogP contribution in [0.4, 0.5) is 13.2 Å². The van der Waals surface area contributed by atoms with Crippen LogP contribution in [0.15, 0.2) is 24.4 Å². The Hall–Kier alpha value is -2.42. The number of aromatic nitrogens is 3. The van der Waals surface area contributed by atoms with Crippen molar-refractivity contribution in [1.29, 1.82) is 0 Å². The molecule has 2 aromatic rings. The van der Waals surface area contributed by atoms with E-state index in [9.17, 15) is 23.1 Å². The zero-order valence-electron chi connectivity index (χ0n) is 13.7. The number of nitrogens with zero attached hydrogens (tertiary/aromatic N) is 4. The fourth-order valence-electron chi connectivity index (χ4n) is 2.88. The van der Waals surface area contributed by atoms with Crippen molar-refractivity contribution in [2.75, 3.05) is 13.1 Å². The molecular weight excluding hydrogens is 337 g/mol. The molecule has 2 aromatic heterocycles. The van der Waals surface area contributed by atoms with E-state index in [4.69, 9.17) is 0 Å². The summed E-state index contributed by atoms with van der Waals surface area (Å²) in [5, 5.41) is 14.0. The van der Waals surface area contributed by atoms with E-state index in [2.05, 4.69) is 10.1 Å². The number of pyridine rings is 1. The van der Waals surface area contributed by atoms with Gasteiger partial charge in [-0.3, -0.25) is 4.79 Å². The lowest BCUT2D eigenvalue weighted by molar-refractivity contribution is -0.253. The van der Waals surface area contributed by atoms with Crippen LogP contribution < -0.4 is 0 Å². The lowest BCUT2D eigenvalue weighted by atomic mass is 10.0. The third-order valence-electron chi connectivity index (χ3n) is 4.28. The predicted molar refractivity (Wildman–Crippen MR) is 82.4 cm³/mol. The number of halogens is 3. The molecule has 1 fully saturated rings. The number of β-amino-alcohol motifs (C(OH)–C–C–N with tert-alkyl or cyclic N) is 1. The Morgan fingerprint density at radius 3 is 2.52 bits per heavy atom. The lowest BCUT2D eigenvalue weighted by Crippen LogP contribution is -2.48. The van der Waals surface area contributed by atoms with Crippen LogP contribution in [0.5, 0.6) is 0 Å². The van der Waals surface area contributed by atoms with Crippen LogP contribution in [0.25, 0.3) is 5.82 Å². The molecule has 0 spiro atoms. The maximum atomic E-state index is 12.9. The highest BCUT2D eigenvalue weighted by atomic mass is 19.4. The molecule has 0 saturated carbocycles. The number of aliphatic hydroxyl groups is 1. The predicted octanol–water partition coefficient (Wildman–Crippen LogP) is 2.02. The molecule has 0 aliphatic carbocycles. The topological polar surface area (TPSA) is 71.2 Å². The maximum absolute atomic E-state index is 12.9. The van der Waals surface area contributed by atoms with Crippen LogP contribution in [0, 0.1) is 13.8 Å². The van der Waals surface area contributed by atoms with E-state index < -0.39 is 30.7 Å². The number of rotatable bonds is 2. The summed E-state index contributed by atoms with van der Waals surface area (Å²) >= 11 is 0. The Labute approximate surface area is 141 Å². The van der Waals surface area contributed by atoms with Crippen LogP contribution in [-0.4, -0.2) is 55.5 Å². The SMILES string of the molecule is Cc1cc(C)n(-c2ccc(C(=O)N3CCC(O)(C(F)(F)F)C3)cn2)n1. The van der Waals surface area contributed by atoms with E-state index in [-0.39, 0.29) is 12.1 Å². The minimum absolute atomic E-state index is 0.159. The van der Waals surface area contributed by atoms with Gasteiger partial charge in [-0.1, -0.05) is 0 Å². The highest BCUT2D eigenvalue weighted by Crippen LogP contribution is 2.37. The first-order valence-electron chi connectivity index (χ1n) is 7.69. The fourth-order valence-corrected chi connectivity index (χ4v) is 2.88. The minimum atomic E-state index is -4.76. The van der Waals surface area contributed by atoms with Gasteiger partial charge in [-0.25, -0.2) is 9.67 Å². The highest BCUT2D eigenvalue weighted by Gasteiger charge is 2.57. The van der Waals surface area contributed by atoms with E-state index in [1.807, 2.05) is 19.9 Å². The second-order valence-corrected chi connectivity index (χ2v) is 6.25. The van der Waals surface area contributed by atoms with Crippen molar-refractivity contribution in [2.45, 2.75) is 32.0 Å². The van der Waals surface area contributed by atoms with Gasteiger partial charge in [0.25, 0.3) is 5.91 Å². The molecule has 6 nitrogen and oxygen atoms in total. The summed E-state index contributed by atoms with van der Waals surface area (Å²) in [7, 11) is 0. The van der Waals surface area contributed by atoms with E-state index in [1.165, 1.54) is 12.3 Å². The smallest absolute Gasteiger partial charge is 0.379 e. The average Bonchev–Trinajstić information content (AvgIpc) is 3.10. The van der Waals surface area contributed by atoms with Gasteiger partial charge in [0, 0.05) is 24.9 Å². The zero-order chi connectivity index (χ0) is 18.4. The van der Waals surface area contributed by atoms with Gasteiger partial charge in [-0.05, 0) is 32.0 Å². The van der Waals surface area contributed by atoms with Crippen molar-refractivity contribution >= 4 is 5.91 Å². The molecule has 3 heterocycles. The quantitative estimate of drug-likeness (QED) is 0.896. The third-order valence-corrected chi connectivity index (χ3v) is 4.28. The van der Waals surface area contributed by atoms with Crippen molar-refractivity contribution in [1.82, 2.24) is 19.7 Å². The number of amides is 1. The first-order chi connectivity index (χ1) is 11.6. The second kappa shape index (κ2) is 5.83. The molecule has 134 valence electrons. The molecule has 1 N–H and O–H groups in total. The number of aryl methyl sites for hydroxylation is 2. The molecule has 0 radical (unpaired) electrons. The van der Waals surface area contributed by atoms with E-state index in [0.717, 1.165) is 16.3 Å². The number of hydrogen-bond donors (Lipinski definition) is 1. The van der Waals surface area contributed by atoms with Crippen LogP contribution in [0.3, 0.4) is 0 Å². The molecule has 3 rings (SSSR count). The van der Waals surface area contributed by atoms with Crippen LogP contribution in [0.2, 0.25) is 0 Å². The molecule has 1 aliphatic rings. The Balaban J connectivity index is 1.77. The number of hydrogen-bond acceptors (Lipinski definition) is 4. The van der Waals surface area contributed by atoms with Gasteiger partial charge < -0.3 is 10.0 Å². The number of likely N-dealkylation sites (tertiary alicyclic amines) is 1. The molecule has 0 bridgehead atoms. The monoisotopic (exact) mass is 354 g/mol. The van der Waals surface area contributed by atoms with Gasteiger partial charge in [0.2, 0.25) is 0 Å². The van der Waals surface area contributed by atoms with Gasteiger partial charge >= 0.3 is 6.18 Å². The normalized spacial score (nSPS) is 21.0. The summed E-state index contributed by atoms with van der Waals surface area (Å²) in [5.74, 6) is -0.0806. The van der Waals surface area contributed by atoms with Crippen LogP contribution in [0.1, 0.15) is 28.2 Å². The number of alkyl halides is 3. The molecule has 0 aromatic carbocycles. The first-order valence-corrected chi connectivity index (χ1v) is 7.69. The Morgan fingerprint density at radius 1 is 1.32 bits per heavy atom. The standard InChI is InChI=1S/C16H17F3N4O2/c1-10-7-11(2)23(21-10)13-4-3-12(8-20-13)14(24)22-6-5-15(25,9-22)16(17,18)19/h3-4,7-8,25H,5-6,9H2,1-2H3. The summed E-state index contributed by atoms with van der Waals surface area (Å²) in [6.07, 6.45) is -3.99. The largest absolute Gasteiger partial charge is 0.419 e. The Bertz CT molecular complexity index is 801. The third kappa shape index (κ3) is 3.11. The molecule has 25 heavy (non-hydrogen) atoms. The molecule has 1 aliphatic heterocycles. The van der Waals surface area contributed by atoms with E-state index in [0.29, 0.717) is 5.82 Å². The Kier molecular flexibility index (Phi) is 4.06. The molecular formula is C16H17F3N4O2. The van der Waals surface area contributed by atoms with Crippen molar-refractivity contribution in [3.63, 3.8) is 0 Å². The number of carbonyl (C=O) groups excluding carboxylic acids is 1. The van der Waals surface area contributed by atoms with Crippen LogP contribution in [-0.2, 0) is 0 Å². The van der Waals surface area contributed by atoms with Gasteiger partial charge in [0.15, 0.2) is 11.4 Å². The molecule has 1 unspecified atom stereocenters. The second-order valence-electron chi connectivity index (χ2n) is 6.25. The summed E-state index contributed by atoms with van der Waals surface area (Å²) < 4.78 is 40.2. The van der Waals surface area contributed by atoms with Gasteiger partial charge in [0.05, 0.1) is 17.8 Å². The molecule has 1 atom stereocenters. The summed E-state index contributed by atoms with van der Waals surface area (Å²) in [6.45, 7) is 2.78. The van der Waals surface area contributed by atoms with Crippen molar-refractivity contribution < 1.29 is 23.1 Å². The minimum Gasteiger partial charge on any atom is -0.379 e. The fraction of sp³-hybridized carbons (Fsp3) is 0.438. The Morgan fingerprint density at radius 2 is 2.04 bits per heavy atom.